The van der Waals surface area contributed by atoms with Gasteiger partial charge in [-0.25, -0.2) is 8.78 Å². The fraction of sp³-hybridized carbons (Fsp3) is 0.217. The van der Waals surface area contributed by atoms with Gasteiger partial charge in [-0.1, -0.05) is 19.7 Å². The molecule has 0 atom stereocenters. The monoisotopic (exact) mass is 484 g/mol. The van der Waals surface area contributed by atoms with Crippen molar-refractivity contribution < 1.29 is 27.1 Å². The van der Waals surface area contributed by atoms with Gasteiger partial charge in [-0.2, -0.15) is 13.2 Å². The van der Waals surface area contributed by atoms with E-state index in [0.29, 0.717) is 40.0 Å². The summed E-state index contributed by atoms with van der Waals surface area (Å²) in [5.41, 5.74) is -1.01. The molecule has 0 bridgehead atoms. The van der Waals surface area contributed by atoms with E-state index in [1.807, 2.05) is 0 Å². The van der Waals surface area contributed by atoms with E-state index >= 15 is 0 Å². The summed E-state index contributed by atoms with van der Waals surface area (Å²) >= 11 is 0. The minimum absolute atomic E-state index is 0.00506. The van der Waals surface area contributed by atoms with Crippen molar-refractivity contribution in [3.8, 4) is 0 Å². The topological polar surface area (TPSA) is 50.8 Å². The smallest absolute Gasteiger partial charge is 0.389 e. The molecule has 0 amide bonds. The van der Waals surface area contributed by atoms with Crippen molar-refractivity contribution in [2.24, 2.45) is 0 Å². The van der Waals surface area contributed by atoms with Gasteiger partial charge in [-0.3, -0.25) is 0 Å². The summed E-state index contributed by atoms with van der Waals surface area (Å²) in [6, 6.07) is 3.69. The van der Waals surface area contributed by atoms with E-state index in [9.17, 15) is 27.1 Å². The van der Waals surface area contributed by atoms with Crippen LogP contribution >= 0.6 is 0 Å². The Hall–Kier alpha value is -3.40. The summed E-state index contributed by atoms with van der Waals surface area (Å²) in [4.78, 5) is 2.60. The zero-order valence-electron chi connectivity index (χ0n) is 18.4. The number of nitrogens with one attached hydrogen (secondary N) is 2. The third-order valence-corrected chi connectivity index (χ3v) is 5.78. The predicted octanol–water partition coefficient (Wildman–Crippen LogP) is 4.01. The summed E-state index contributed by atoms with van der Waals surface area (Å²) in [7, 11) is 11.5. The lowest BCUT2D eigenvalue weighted by atomic mass is 9.71. The first-order valence-corrected chi connectivity index (χ1v) is 10.3. The zero-order valence-corrected chi connectivity index (χ0v) is 18.4. The molecule has 2 aliphatic heterocycles. The number of alkyl halides is 4. The van der Waals surface area contributed by atoms with Crippen molar-refractivity contribution in [3.05, 3.63) is 77.9 Å². The van der Waals surface area contributed by atoms with Gasteiger partial charge >= 0.3 is 6.18 Å². The van der Waals surface area contributed by atoms with Crippen molar-refractivity contribution in [2.45, 2.75) is 18.2 Å². The second kappa shape index (κ2) is 8.37. The van der Waals surface area contributed by atoms with E-state index in [1.54, 1.807) is 6.07 Å². The van der Waals surface area contributed by atoms with Crippen LogP contribution in [0.15, 0.2) is 49.8 Å². The molecule has 0 fully saturated rings. The van der Waals surface area contributed by atoms with Gasteiger partial charge in [0.25, 0.3) is 0 Å². The van der Waals surface area contributed by atoms with Gasteiger partial charge < -0.3 is 25.5 Å². The molecule has 0 unspecified atom stereocenters. The van der Waals surface area contributed by atoms with Crippen LogP contribution in [0.2, 0.25) is 0 Å². The molecule has 0 saturated heterocycles. The molecule has 4 radical (unpaired) electrons. The lowest BCUT2D eigenvalue weighted by molar-refractivity contribution is -0.137. The van der Waals surface area contributed by atoms with Crippen molar-refractivity contribution in [2.75, 3.05) is 28.3 Å². The Morgan fingerprint density at radius 1 is 1.17 bits per heavy atom. The van der Waals surface area contributed by atoms with E-state index in [4.69, 9.17) is 15.7 Å². The Bertz CT molecular complexity index is 1260. The number of halogens is 5. The Morgan fingerprint density at radius 3 is 2.46 bits per heavy atom. The average Bonchev–Trinajstić information content (AvgIpc) is 3.25. The molecule has 2 aromatic carbocycles. The second-order valence-electron chi connectivity index (χ2n) is 8.18. The SMILES string of the molecule is [B]C([B])(O)N1C(=C)N(CCF)c2cc(NC(=C)c3cc(F)cc(C(F)(F)F)c3)c3c(c21)C(=C)NC3. The molecular weight excluding hydrogens is 465 g/mol. The molecule has 3 N–H and O–H groups in total. The minimum atomic E-state index is -4.74. The summed E-state index contributed by atoms with van der Waals surface area (Å²) < 4.78 is 66.8. The molecule has 0 aliphatic carbocycles. The molecular formula is C23H19B2F5N4O. The molecule has 35 heavy (non-hydrogen) atoms. The maximum Gasteiger partial charge on any atom is 0.416 e. The lowest BCUT2D eigenvalue weighted by Crippen LogP contribution is -2.50. The Morgan fingerprint density at radius 2 is 1.86 bits per heavy atom. The molecule has 0 aromatic heterocycles. The fourth-order valence-electron chi connectivity index (χ4n) is 4.30. The first-order chi connectivity index (χ1) is 16.2. The van der Waals surface area contributed by atoms with Crippen LogP contribution in [0.5, 0.6) is 0 Å². The van der Waals surface area contributed by atoms with Crippen molar-refractivity contribution in [3.63, 3.8) is 0 Å². The van der Waals surface area contributed by atoms with Crippen LogP contribution in [0.1, 0.15) is 22.3 Å². The van der Waals surface area contributed by atoms with Gasteiger partial charge in [0.2, 0.25) is 0 Å². The highest BCUT2D eigenvalue weighted by molar-refractivity contribution is 6.41. The van der Waals surface area contributed by atoms with Crippen LogP contribution in [0.3, 0.4) is 0 Å². The Labute approximate surface area is 201 Å². The average molecular weight is 484 g/mol. The third-order valence-electron chi connectivity index (χ3n) is 5.78. The highest BCUT2D eigenvalue weighted by atomic mass is 19.4. The number of nitrogens with zero attached hydrogens (tertiary/aromatic N) is 2. The Kier molecular flexibility index (Phi) is 5.91. The molecule has 178 valence electrons. The molecule has 5 nitrogen and oxygen atoms in total. The van der Waals surface area contributed by atoms with Crippen molar-refractivity contribution in [1.82, 2.24) is 5.32 Å². The van der Waals surface area contributed by atoms with E-state index < -0.39 is 29.8 Å². The summed E-state index contributed by atoms with van der Waals surface area (Å²) in [5.74, 6) is -0.957. The number of benzene rings is 2. The molecule has 4 rings (SSSR count). The number of hydrogen-bond donors (Lipinski definition) is 3. The Balaban J connectivity index is 1.84. The highest BCUT2D eigenvalue weighted by Crippen LogP contribution is 2.52. The van der Waals surface area contributed by atoms with Gasteiger partial charge in [-0.05, 0) is 24.3 Å². The van der Waals surface area contributed by atoms with Crippen LogP contribution in [-0.2, 0) is 12.7 Å². The van der Waals surface area contributed by atoms with Crippen molar-refractivity contribution >= 4 is 44.1 Å². The van der Waals surface area contributed by atoms with Gasteiger partial charge in [-0.15, -0.1) is 0 Å². The van der Waals surface area contributed by atoms with E-state index in [1.165, 1.54) is 4.90 Å². The summed E-state index contributed by atoms with van der Waals surface area (Å²) in [6.07, 6.45) is -4.74. The maximum absolute atomic E-state index is 13.9. The van der Waals surface area contributed by atoms with Crippen LogP contribution < -0.4 is 20.4 Å². The number of rotatable bonds is 6. The number of aliphatic hydroxyl groups is 1. The van der Waals surface area contributed by atoms with Gasteiger partial charge in [0.15, 0.2) is 0 Å². The van der Waals surface area contributed by atoms with Gasteiger partial charge in [0.1, 0.15) is 34.0 Å². The predicted molar refractivity (Wildman–Crippen MR) is 128 cm³/mol. The maximum atomic E-state index is 13.9. The highest BCUT2D eigenvalue weighted by Gasteiger charge is 2.42. The third kappa shape index (κ3) is 4.27. The summed E-state index contributed by atoms with van der Waals surface area (Å²) in [6.45, 7) is 11.0. The van der Waals surface area contributed by atoms with E-state index in [2.05, 4.69) is 30.4 Å². The second-order valence-corrected chi connectivity index (χ2v) is 8.18. The van der Waals surface area contributed by atoms with Crippen LogP contribution in [0, 0.1) is 5.82 Å². The van der Waals surface area contributed by atoms with Crippen LogP contribution in [0.4, 0.5) is 39.0 Å². The normalized spacial score (nSPS) is 15.3. The molecule has 2 aliphatic rings. The van der Waals surface area contributed by atoms with Crippen LogP contribution in [0.25, 0.3) is 11.4 Å². The quantitative estimate of drug-likeness (QED) is 0.428. The van der Waals surface area contributed by atoms with E-state index in [0.717, 1.165) is 17.0 Å². The van der Waals surface area contributed by atoms with Crippen molar-refractivity contribution in [1.29, 1.82) is 0 Å². The van der Waals surface area contributed by atoms with E-state index in [-0.39, 0.29) is 30.2 Å². The molecule has 2 aromatic rings. The number of anilines is 3. The van der Waals surface area contributed by atoms with Gasteiger partial charge in [0.05, 0.1) is 29.0 Å². The lowest BCUT2D eigenvalue weighted by Gasteiger charge is -2.36. The number of hydrogen-bond acceptors (Lipinski definition) is 5. The van der Waals surface area contributed by atoms with Gasteiger partial charge in [0, 0.05) is 40.3 Å². The number of fused-ring (bicyclic) bond motifs is 3. The fourth-order valence-corrected chi connectivity index (χ4v) is 4.30. The first kappa shape index (κ1) is 24.7. The molecule has 0 spiro atoms. The molecule has 12 heteroatoms. The standard InChI is InChI=1S/C23H19B2F5N4O/c1-11(14-6-15(22(28,29)30)8-16(27)7-14)32-18-9-19-21(20-12(2)31-10-17(18)20)34(23(24,25)35)13(3)33(19)5-4-26/h6-9,31-32,35H,1-5,10H2. The first-order valence-electron chi connectivity index (χ1n) is 10.3. The summed E-state index contributed by atoms with van der Waals surface area (Å²) in [5, 5.41) is 16.4. The largest absolute Gasteiger partial charge is 0.416 e. The van der Waals surface area contributed by atoms with Crippen LogP contribution in [-0.4, -0.2) is 39.5 Å². The molecule has 2 heterocycles. The molecule has 0 saturated carbocycles. The minimum Gasteiger partial charge on any atom is -0.389 e. The zero-order chi connectivity index (χ0) is 25.9.